The van der Waals surface area contributed by atoms with Crippen molar-refractivity contribution in [3.63, 3.8) is 0 Å². The summed E-state index contributed by atoms with van der Waals surface area (Å²) in [5.41, 5.74) is 3.16. The summed E-state index contributed by atoms with van der Waals surface area (Å²) in [6.45, 7) is 1.94. The largest absolute Gasteiger partial charge is 0.476 e. The molecule has 19 heavy (non-hydrogen) atoms. The summed E-state index contributed by atoms with van der Waals surface area (Å²) in [5, 5.41) is 9.34. The number of carbonyl (C=O) groups is 1. The van der Waals surface area contributed by atoms with Crippen LogP contribution in [0.1, 0.15) is 16.2 Å². The minimum atomic E-state index is -1.01. The molecule has 0 unspecified atom stereocenters. The molecule has 3 rings (SSSR count). The zero-order valence-electron chi connectivity index (χ0n) is 10.4. The second-order valence-electron chi connectivity index (χ2n) is 4.34. The SMILES string of the molecule is Cc1cccc2nc(C(=O)O)c(-c3ccccc3)n12. The molecule has 0 saturated carbocycles. The number of pyridine rings is 1. The van der Waals surface area contributed by atoms with Crippen LogP contribution in [0.15, 0.2) is 48.5 Å². The van der Waals surface area contributed by atoms with Crippen LogP contribution in [0.5, 0.6) is 0 Å². The Morgan fingerprint density at radius 2 is 1.84 bits per heavy atom. The second-order valence-corrected chi connectivity index (χ2v) is 4.34. The Labute approximate surface area is 110 Å². The van der Waals surface area contributed by atoms with Crippen LogP contribution < -0.4 is 0 Å². The number of aromatic carboxylic acids is 1. The van der Waals surface area contributed by atoms with E-state index < -0.39 is 5.97 Å². The fourth-order valence-corrected chi connectivity index (χ4v) is 2.27. The number of carboxylic acid groups (broad SMARTS) is 1. The van der Waals surface area contributed by atoms with Gasteiger partial charge in [0.15, 0.2) is 5.69 Å². The van der Waals surface area contributed by atoms with Gasteiger partial charge in [-0.3, -0.25) is 4.40 Å². The minimum Gasteiger partial charge on any atom is -0.476 e. The number of hydrogen-bond donors (Lipinski definition) is 1. The highest BCUT2D eigenvalue weighted by Crippen LogP contribution is 2.26. The summed E-state index contributed by atoms with van der Waals surface area (Å²) in [7, 11) is 0. The molecule has 0 fully saturated rings. The van der Waals surface area contributed by atoms with E-state index in [2.05, 4.69) is 4.98 Å². The number of aromatic nitrogens is 2. The van der Waals surface area contributed by atoms with Gasteiger partial charge in [-0.05, 0) is 19.1 Å². The Morgan fingerprint density at radius 3 is 2.53 bits per heavy atom. The molecule has 2 aromatic heterocycles. The van der Waals surface area contributed by atoms with Crippen molar-refractivity contribution in [1.29, 1.82) is 0 Å². The van der Waals surface area contributed by atoms with Crippen LogP contribution in [0.3, 0.4) is 0 Å². The predicted octanol–water partition coefficient (Wildman–Crippen LogP) is 3.01. The molecule has 4 nitrogen and oxygen atoms in total. The summed E-state index contributed by atoms with van der Waals surface area (Å²) in [6.07, 6.45) is 0. The Morgan fingerprint density at radius 1 is 1.11 bits per heavy atom. The topological polar surface area (TPSA) is 54.6 Å². The van der Waals surface area contributed by atoms with Crippen LogP contribution in [0.2, 0.25) is 0 Å². The van der Waals surface area contributed by atoms with Crippen molar-refractivity contribution in [2.24, 2.45) is 0 Å². The van der Waals surface area contributed by atoms with Crippen molar-refractivity contribution in [2.75, 3.05) is 0 Å². The second kappa shape index (κ2) is 4.24. The van der Waals surface area contributed by atoms with Crippen LogP contribution in [0, 0.1) is 6.92 Å². The number of benzene rings is 1. The number of carboxylic acids is 1. The highest BCUT2D eigenvalue weighted by Gasteiger charge is 2.20. The predicted molar refractivity (Wildman–Crippen MR) is 72.3 cm³/mol. The zero-order valence-corrected chi connectivity index (χ0v) is 10.4. The van der Waals surface area contributed by atoms with Gasteiger partial charge in [0.25, 0.3) is 0 Å². The van der Waals surface area contributed by atoms with E-state index in [1.165, 1.54) is 0 Å². The molecule has 0 aliphatic rings. The fourth-order valence-electron chi connectivity index (χ4n) is 2.27. The molecule has 3 aromatic rings. The number of nitrogens with zero attached hydrogens (tertiary/aromatic N) is 2. The molecular weight excluding hydrogens is 240 g/mol. The maximum Gasteiger partial charge on any atom is 0.356 e. The molecule has 0 amide bonds. The summed E-state index contributed by atoms with van der Waals surface area (Å²) in [4.78, 5) is 15.6. The summed E-state index contributed by atoms with van der Waals surface area (Å²) >= 11 is 0. The summed E-state index contributed by atoms with van der Waals surface area (Å²) in [5.74, 6) is -1.01. The molecule has 0 aliphatic heterocycles. The lowest BCUT2D eigenvalue weighted by Crippen LogP contribution is -2.01. The Bertz CT molecular complexity index is 760. The van der Waals surface area contributed by atoms with Gasteiger partial charge >= 0.3 is 5.97 Å². The van der Waals surface area contributed by atoms with Crippen molar-refractivity contribution < 1.29 is 9.90 Å². The lowest BCUT2D eigenvalue weighted by molar-refractivity contribution is 0.0692. The van der Waals surface area contributed by atoms with Crippen molar-refractivity contribution >= 4 is 11.6 Å². The Hall–Kier alpha value is -2.62. The first kappa shape index (κ1) is 11.5. The first-order valence-electron chi connectivity index (χ1n) is 5.95. The molecule has 0 atom stereocenters. The molecule has 0 aliphatic carbocycles. The van der Waals surface area contributed by atoms with Gasteiger partial charge in [0.05, 0.1) is 5.69 Å². The van der Waals surface area contributed by atoms with E-state index >= 15 is 0 Å². The first-order chi connectivity index (χ1) is 9.18. The van der Waals surface area contributed by atoms with Crippen molar-refractivity contribution in [3.05, 3.63) is 59.9 Å². The third kappa shape index (κ3) is 1.78. The monoisotopic (exact) mass is 252 g/mol. The average Bonchev–Trinajstić information content (AvgIpc) is 2.81. The molecule has 4 heteroatoms. The first-order valence-corrected chi connectivity index (χ1v) is 5.95. The number of imidazole rings is 1. The Balaban J connectivity index is 2.44. The van der Waals surface area contributed by atoms with Gasteiger partial charge in [0.1, 0.15) is 5.65 Å². The highest BCUT2D eigenvalue weighted by atomic mass is 16.4. The fraction of sp³-hybridized carbons (Fsp3) is 0.0667. The van der Waals surface area contributed by atoms with Crippen LogP contribution in [0.4, 0.5) is 0 Å². The quantitative estimate of drug-likeness (QED) is 0.762. The van der Waals surface area contributed by atoms with E-state index in [-0.39, 0.29) is 5.69 Å². The van der Waals surface area contributed by atoms with E-state index in [1.807, 2.05) is 59.9 Å². The Kier molecular flexibility index (Phi) is 2.56. The van der Waals surface area contributed by atoms with Gasteiger partial charge in [0.2, 0.25) is 0 Å². The highest BCUT2D eigenvalue weighted by molar-refractivity contribution is 5.94. The lowest BCUT2D eigenvalue weighted by atomic mass is 10.1. The number of aryl methyl sites for hydroxylation is 1. The van der Waals surface area contributed by atoms with Crippen molar-refractivity contribution in [3.8, 4) is 11.3 Å². The van der Waals surface area contributed by atoms with Gasteiger partial charge < -0.3 is 5.11 Å². The van der Waals surface area contributed by atoms with Gasteiger partial charge in [0, 0.05) is 11.3 Å². The zero-order chi connectivity index (χ0) is 13.4. The van der Waals surface area contributed by atoms with E-state index in [4.69, 9.17) is 0 Å². The van der Waals surface area contributed by atoms with Crippen LogP contribution in [0.25, 0.3) is 16.9 Å². The van der Waals surface area contributed by atoms with Gasteiger partial charge in [-0.2, -0.15) is 0 Å². The molecule has 94 valence electrons. The molecule has 0 radical (unpaired) electrons. The summed E-state index contributed by atoms with van der Waals surface area (Å²) < 4.78 is 1.87. The number of hydrogen-bond acceptors (Lipinski definition) is 2. The standard InChI is InChI=1S/C15H12N2O2/c1-10-6-5-9-12-16-13(15(18)19)14(17(10)12)11-7-3-2-4-8-11/h2-9H,1H3,(H,18,19). The number of fused-ring (bicyclic) bond motifs is 1. The molecule has 0 saturated heterocycles. The van der Waals surface area contributed by atoms with E-state index in [9.17, 15) is 9.90 Å². The maximum atomic E-state index is 11.4. The van der Waals surface area contributed by atoms with Crippen LogP contribution >= 0.6 is 0 Å². The van der Waals surface area contributed by atoms with E-state index in [1.54, 1.807) is 0 Å². The van der Waals surface area contributed by atoms with Crippen LogP contribution in [-0.2, 0) is 0 Å². The lowest BCUT2D eigenvalue weighted by Gasteiger charge is -2.06. The van der Waals surface area contributed by atoms with Gasteiger partial charge in [-0.15, -0.1) is 0 Å². The van der Waals surface area contributed by atoms with Crippen molar-refractivity contribution in [1.82, 2.24) is 9.38 Å². The smallest absolute Gasteiger partial charge is 0.356 e. The van der Waals surface area contributed by atoms with Gasteiger partial charge in [-0.1, -0.05) is 36.4 Å². The third-order valence-corrected chi connectivity index (χ3v) is 3.09. The summed E-state index contributed by atoms with van der Waals surface area (Å²) in [6, 6.07) is 15.1. The third-order valence-electron chi connectivity index (χ3n) is 3.09. The molecule has 0 spiro atoms. The minimum absolute atomic E-state index is 0.0838. The van der Waals surface area contributed by atoms with Gasteiger partial charge in [-0.25, -0.2) is 9.78 Å². The number of rotatable bonds is 2. The van der Waals surface area contributed by atoms with Crippen LogP contribution in [-0.4, -0.2) is 20.5 Å². The van der Waals surface area contributed by atoms with E-state index in [0.717, 1.165) is 11.3 Å². The maximum absolute atomic E-state index is 11.4. The molecule has 1 aromatic carbocycles. The van der Waals surface area contributed by atoms with E-state index in [0.29, 0.717) is 11.3 Å². The normalized spacial score (nSPS) is 10.8. The molecule has 1 N–H and O–H groups in total. The average molecular weight is 252 g/mol. The molecule has 2 heterocycles. The van der Waals surface area contributed by atoms with Crippen molar-refractivity contribution in [2.45, 2.75) is 6.92 Å². The molecular formula is C15H12N2O2. The molecule has 0 bridgehead atoms.